The molecule has 0 spiro atoms. The van der Waals surface area contributed by atoms with Crippen molar-refractivity contribution in [2.24, 2.45) is 0 Å². The van der Waals surface area contributed by atoms with E-state index < -0.39 is 0 Å². The molecule has 1 saturated heterocycles. The summed E-state index contributed by atoms with van der Waals surface area (Å²) in [5.74, 6) is 1.80. The maximum Gasteiger partial charge on any atom is 0.254 e. The lowest BCUT2D eigenvalue weighted by atomic mass is 10.0. The van der Waals surface area contributed by atoms with Crippen LogP contribution in [-0.4, -0.2) is 54.1 Å². The van der Waals surface area contributed by atoms with Gasteiger partial charge in [-0.15, -0.1) is 11.3 Å². The minimum atomic E-state index is 0.0619. The molecule has 0 unspecified atom stereocenters. The fourth-order valence-corrected chi connectivity index (χ4v) is 4.68. The smallest absolute Gasteiger partial charge is 0.254 e. The molecule has 3 heterocycles. The van der Waals surface area contributed by atoms with Gasteiger partial charge < -0.3 is 14.5 Å². The molecule has 4 aromatic rings. The number of amides is 1. The number of piperazine rings is 1. The molecule has 2 aromatic heterocycles. The highest BCUT2D eigenvalue weighted by Gasteiger charge is 2.25. The van der Waals surface area contributed by atoms with Crippen LogP contribution in [0.25, 0.3) is 21.0 Å². The van der Waals surface area contributed by atoms with E-state index in [4.69, 9.17) is 4.74 Å². The van der Waals surface area contributed by atoms with Gasteiger partial charge in [0.1, 0.15) is 22.7 Å². The Morgan fingerprint density at radius 1 is 0.966 bits per heavy atom. The lowest BCUT2D eigenvalue weighted by Gasteiger charge is -2.35. The summed E-state index contributed by atoms with van der Waals surface area (Å²) in [5.41, 5.74) is 0.720. The minimum Gasteiger partial charge on any atom is -0.496 e. The number of hydrogen-bond acceptors (Lipinski definition) is 6. The van der Waals surface area contributed by atoms with Crippen molar-refractivity contribution in [2.75, 3.05) is 38.2 Å². The molecule has 1 aliphatic heterocycles. The average Bonchev–Trinajstić information content (AvgIpc) is 3.27. The van der Waals surface area contributed by atoms with Crippen LogP contribution in [0.3, 0.4) is 0 Å². The van der Waals surface area contributed by atoms with Gasteiger partial charge in [-0.2, -0.15) is 0 Å². The molecular weight excluding hydrogens is 384 g/mol. The third-order valence-electron chi connectivity index (χ3n) is 5.44. The van der Waals surface area contributed by atoms with E-state index in [1.54, 1.807) is 24.8 Å². The van der Waals surface area contributed by atoms with Gasteiger partial charge in [0, 0.05) is 37.1 Å². The molecule has 0 radical (unpaired) electrons. The molecule has 1 aliphatic rings. The van der Waals surface area contributed by atoms with E-state index in [9.17, 15) is 4.79 Å². The molecule has 29 heavy (non-hydrogen) atoms. The average molecular weight is 404 g/mol. The number of aromatic nitrogens is 2. The van der Waals surface area contributed by atoms with Gasteiger partial charge in [0.05, 0.1) is 12.5 Å². The van der Waals surface area contributed by atoms with Crippen LogP contribution in [0, 0.1) is 0 Å². The summed E-state index contributed by atoms with van der Waals surface area (Å²) in [5, 5.41) is 5.01. The molecule has 1 amide bonds. The van der Waals surface area contributed by atoms with Crippen LogP contribution in [0.15, 0.2) is 54.2 Å². The fourth-order valence-electron chi connectivity index (χ4n) is 3.96. The molecule has 1 fully saturated rings. The first-order chi connectivity index (χ1) is 14.3. The number of anilines is 1. The Hall–Kier alpha value is -3.19. The van der Waals surface area contributed by atoms with Crippen molar-refractivity contribution in [1.29, 1.82) is 0 Å². The number of nitrogens with zero attached hydrogens (tertiary/aromatic N) is 4. The van der Waals surface area contributed by atoms with Gasteiger partial charge in [-0.3, -0.25) is 4.79 Å². The molecule has 0 bridgehead atoms. The number of methoxy groups -OCH3 is 1. The van der Waals surface area contributed by atoms with Gasteiger partial charge in [0.25, 0.3) is 5.91 Å². The Kier molecular flexibility index (Phi) is 4.52. The van der Waals surface area contributed by atoms with E-state index >= 15 is 0 Å². The Labute approximate surface area is 172 Å². The van der Waals surface area contributed by atoms with Gasteiger partial charge in [-0.05, 0) is 29.0 Å². The number of ether oxygens (including phenoxy) is 1. The summed E-state index contributed by atoms with van der Waals surface area (Å²) in [6.07, 6.45) is 1.62. The van der Waals surface area contributed by atoms with Crippen LogP contribution in [0.5, 0.6) is 5.75 Å². The van der Waals surface area contributed by atoms with Gasteiger partial charge in [0.15, 0.2) is 0 Å². The third kappa shape index (κ3) is 3.07. The van der Waals surface area contributed by atoms with Crippen LogP contribution in [-0.2, 0) is 0 Å². The van der Waals surface area contributed by atoms with E-state index in [0.29, 0.717) is 13.1 Å². The number of hydrogen-bond donors (Lipinski definition) is 0. The normalized spacial score (nSPS) is 14.5. The van der Waals surface area contributed by atoms with Crippen molar-refractivity contribution in [3.05, 3.63) is 59.7 Å². The maximum absolute atomic E-state index is 13.3. The van der Waals surface area contributed by atoms with E-state index in [1.165, 1.54) is 0 Å². The van der Waals surface area contributed by atoms with Crippen LogP contribution >= 0.6 is 11.3 Å². The molecule has 7 heteroatoms. The standard InChI is InChI=1S/C22H20N4O2S/c1-28-19-7-6-17(15-4-2-3-5-16(15)19)22(27)26-11-9-25(10-12-26)20-18-8-13-29-21(18)24-14-23-20/h2-8,13-14H,9-12H2,1H3. The van der Waals surface area contributed by atoms with Crippen molar-refractivity contribution in [1.82, 2.24) is 14.9 Å². The lowest BCUT2D eigenvalue weighted by Crippen LogP contribution is -2.49. The molecule has 0 saturated carbocycles. The highest BCUT2D eigenvalue weighted by molar-refractivity contribution is 7.16. The Balaban J connectivity index is 1.38. The second-order valence-corrected chi connectivity index (χ2v) is 7.87. The molecule has 2 aromatic carbocycles. The van der Waals surface area contributed by atoms with Crippen molar-refractivity contribution >= 4 is 44.1 Å². The van der Waals surface area contributed by atoms with Crippen LogP contribution < -0.4 is 9.64 Å². The summed E-state index contributed by atoms with van der Waals surface area (Å²) in [6.45, 7) is 2.83. The zero-order valence-electron chi connectivity index (χ0n) is 16.0. The number of carbonyl (C=O) groups excluding carboxylic acids is 1. The molecule has 6 nitrogen and oxygen atoms in total. The van der Waals surface area contributed by atoms with Gasteiger partial charge in [-0.1, -0.05) is 24.3 Å². The summed E-state index contributed by atoms with van der Waals surface area (Å²) >= 11 is 1.62. The number of benzene rings is 2. The van der Waals surface area contributed by atoms with E-state index in [2.05, 4.69) is 20.9 Å². The van der Waals surface area contributed by atoms with Crippen molar-refractivity contribution < 1.29 is 9.53 Å². The number of carbonyl (C=O) groups is 1. The Bertz CT molecular complexity index is 1200. The van der Waals surface area contributed by atoms with Crippen LogP contribution in [0.1, 0.15) is 10.4 Å². The summed E-state index contributed by atoms with van der Waals surface area (Å²) < 4.78 is 5.46. The SMILES string of the molecule is COc1ccc(C(=O)N2CCN(c3ncnc4sccc34)CC2)c2ccccc12. The largest absolute Gasteiger partial charge is 0.496 e. The maximum atomic E-state index is 13.3. The van der Waals surface area contributed by atoms with Gasteiger partial charge in [0.2, 0.25) is 0 Å². The lowest BCUT2D eigenvalue weighted by molar-refractivity contribution is 0.0748. The van der Waals surface area contributed by atoms with Gasteiger partial charge in [-0.25, -0.2) is 9.97 Å². The Morgan fingerprint density at radius 2 is 1.76 bits per heavy atom. The zero-order valence-corrected chi connectivity index (χ0v) is 16.9. The first-order valence-electron chi connectivity index (χ1n) is 9.54. The predicted octanol–water partition coefficient (Wildman–Crippen LogP) is 3.82. The first kappa shape index (κ1) is 17.9. The molecule has 146 valence electrons. The van der Waals surface area contributed by atoms with Crippen molar-refractivity contribution in [3.63, 3.8) is 0 Å². The molecular formula is C22H20N4O2S. The Morgan fingerprint density at radius 3 is 2.55 bits per heavy atom. The van der Waals surface area contributed by atoms with E-state index in [0.717, 1.165) is 51.2 Å². The molecule has 0 aliphatic carbocycles. The number of fused-ring (bicyclic) bond motifs is 2. The van der Waals surface area contributed by atoms with Crippen LogP contribution in [0.4, 0.5) is 5.82 Å². The predicted molar refractivity (Wildman–Crippen MR) is 116 cm³/mol. The zero-order chi connectivity index (χ0) is 19.8. The summed E-state index contributed by atoms with van der Waals surface area (Å²) in [6, 6.07) is 13.7. The molecule has 0 N–H and O–H groups in total. The van der Waals surface area contributed by atoms with Crippen molar-refractivity contribution in [3.8, 4) is 5.75 Å². The van der Waals surface area contributed by atoms with E-state index in [1.807, 2.05) is 46.7 Å². The quantitative estimate of drug-likeness (QED) is 0.520. The van der Waals surface area contributed by atoms with Crippen LogP contribution in [0.2, 0.25) is 0 Å². The second-order valence-electron chi connectivity index (χ2n) is 6.98. The van der Waals surface area contributed by atoms with E-state index in [-0.39, 0.29) is 5.91 Å². The van der Waals surface area contributed by atoms with Crippen molar-refractivity contribution in [2.45, 2.75) is 0 Å². The minimum absolute atomic E-state index is 0.0619. The second kappa shape index (κ2) is 7.33. The monoisotopic (exact) mass is 404 g/mol. The molecule has 5 rings (SSSR count). The highest BCUT2D eigenvalue weighted by Crippen LogP contribution is 2.30. The molecule has 0 atom stereocenters. The third-order valence-corrected chi connectivity index (χ3v) is 6.26. The fraction of sp³-hybridized carbons (Fsp3) is 0.227. The number of thiophene rings is 1. The topological polar surface area (TPSA) is 58.6 Å². The number of rotatable bonds is 3. The summed E-state index contributed by atoms with van der Waals surface area (Å²) in [4.78, 5) is 27.3. The highest BCUT2D eigenvalue weighted by atomic mass is 32.1. The first-order valence-corrected chi connectivity index (χ1v) is 10.4. The summed E-state index contributed by atoms with van der Waals surface area (Å²) in [7, 11) is 1.65. The van der Waals surface area contributed by atoms with Gasteiger partial charge >= 0.3 is 0 Å².